The lowest BCUT2D eigenvalue weighted by Gasteiger charge is -2.30. The first kappa shape index (κ1) is 24.9. The first-order chi connectivity index (χ1) is 16.9. The molecule has 2 fully saturated rings. The van der Waals surface area contributed by atoms with Gasteiger partial charge in [-0.15, -0.1) is 0 Å². The van der Waals surface area contributed by atoms with Gasteiger partial charge in [-0.25, -0.2) is 0 Å². The lowest BCUT2D eigenvalue weighted by molar-refractivity contribution is -0.144. The highest BCUT2D eigenvalue weighted by atomic mass is 16.5. The third-order valence-corrected chi connectivity index (χ3v) is 7.53. The smallest absolute Gasteiger partial charge is 0.242 e. The Labute approximate surface area is 206 Å². The molecule has 4 rings (SSSR count). The van der Waals surface area contributed by atoms with E-state index in [2.05, 4.69) is 5.32 Å². The van der Waals surface area contributed by atoms with E-state index in [0.29, 0.717) is 18.6 Å². The van der Waals surface area contributed by atoms with Gasteiger partial charge in [0.05, 0.1) is 18.9 Å². The highest BCUT2D eigenvalue weighted by Crippen LogP contribution is 2.35. The number of carbonyl (C=O) groups excluding carboxylic acids is 4. The number of fused-ring (bicyclic) bond motifs is 1. The zero-order chi connectivity index (χ0) is 24.9. The Kier molecular flexibility index (Phi) is 7.88. The van der Waals surface area contributed by atoms with Gasteiger partial charge in [0.2, 0.25) is 23.6 Å². The lowest BCUT2D eigenvalue weighted by Crippen LogP contribution is -2.50. The molecule has 2 aliphatic carbocycles. The summed E-state index contributed by atoms with van der Waals surface area (Å²) in [4.78, 5) is 54.8. The molecular formula is C27H35N3O5. The zero-order valence-corrected chi connectivity index (χ0v) is 20.6. The van der Waals surface area contributed by atoms with Crippen molar-refractivity contribution in [3.8, 4) is 5.75 Å². The van der Waals surface area contributed by atoms with Crippen LogP contribution in [-0.2, 0) is 25.7 Å². The summed E-state index contributed by atoms with van der Waals surface area (Å²) < 4.78 is 5.22. The van der Waals surface area contributed by atoms with Crippen molar-refractivity contribution < 1.29 is 23.9 Å². The van der Waals surface area contributed by atoms with Crippen molar-refractivity contribution in [1.29, 1.82) is 0 Å². The molecule has 3 aliphatic rings. The highest BCUT2D eigenvalue weighted by molar-refractivity contribution is 6.05. The maximum atomic E-state index is 13.4. The van der Waals surface area contributed by atoms with Gasteiger partial charge >= 0.3 is 0 Å². The number of likely N-dealkylation sites (tertiary alicyclic amines) is 1. The Balaban J connectivity index is 1.44. The topological polar surface area (TPSA) is 96.0 Å². The fraction of sp³-hybridized carbons (Fsp3) is 0.556. The van der Waals surface area contributed by atoms with E-state index in [1.165, 1.54) is 4.90 Å². The summed E-state index contributed by atoms with van der Waals surface area (Å²) >= 11 is 0. The quantitative estimate of drug-likeness (QED) is 0.432. The van der Waals surface area contributed by atoms with Crippen LogP contribution in [0.15, 0.2) is 36.4 Å². The fourth-order valence-corrected chi connectivity index (χ4v) is 5.34. The van der Waals surface area contributed by atoms with Crippen LogP contribution in [-0.4, -0.2) is 59.2 Å². The van der Waals surface area contributed by atoms with E-state index in [1.54, 1.807) is 18.9 Å². The van der Waals surface area contributed by atoms with Crippen LogP contribution in [0.1, 0.15) is 57.4 Å². The Bertz CT molecular complexity index is 957. The number of imide groups is 1. The molecule has 8 heteroatoms. The van der Waals surface area contributed by atoms with Crippen LogP contribution < -0.4 is 10.1 Å². The summed E-state index contributed by atoms with van der Waals surface area (Å²) in [6.45, 7) is 2.02. The Morgan fingerprint density at radius 2 is 1.66 bits per heavy atom. The number of hydrogen-bond acceptors (Lipinski definition) is 5. The Morgan fingerprint density at radius 1 is 1.06 bits per heavy atom. The van der Waals surface area contributed by atoms with E-state index in [9.17, 15) is 19.2 Å². The molecule has 188 valence electrons. The predicted octanol–water partition coefficient (Wildman–Crippen LogP) is 2.81. The number of benzene rings is 1. The average Bonchev–Trinajstić information content (AvgIpc) is 3.47. The predicted molar refractivity (Wildman–Crippen MR) is 130 cm³/mol. The number of amides is 4. The monoisotopic (exact) mass is 481 g/mol. The molecular weight excluding hydrogens is 446 g/mol. The summed E-state index contributed by atoms with van der Waals surface area (Å²) in [5, 5.41) is 3.08. The SMILES string of the molecule is COc1ccc(CN(C(=O)CCN2C(=O)[C@H]3CC=CC[C@H]3C2=O)C(C)C(=O)NC2CCCC2)cc1. The van der Waals surface area contributed by atoms with Crippen molar-refractivity contribution in [1.82, 2.24) is 15.1 Å². The van der Waals surface area contributed by atoms with Crippen LogP contribution >= 0.6 is 0 Å². The average molecular weight is 482 g/mol. The van der Waals surface area contributed by atoms with E-state index >= 15 is 0 Å². The van der Waals surface area contributed by atoms with Crippen molar-refractivity contribution >= 4 is 23.6 Å². The number of nitrogens with zero attached hydrogens (tertiary/aromatic N) is 2. The standard InChI is InChI=1S/C27H35N3O5/c1-18(25(32)28-20-7-3-4-8-20)30(17-19-11-13-21(35-2)14-12-19)24(31)15-16-29-26(33)22-9-5-6-10-23(22)27(29)34/h5-6,11-14,18,20,22-23H,3-4,7-10,15-17H2,1-2H3,(H,28,32)/t18?,22-,23+. The maximum Gasteiger partial charge on any atom is 0.242 e. The summed E-state index contributed by atoms with van der Waals surface area (Å²) in [5.41, 5.74) is 0.866. The molecule has 4 amide bonds. The molecule has 1 unspecified atom stereocenters. The fourth-order valence-electron chi connectivity index (χ4n) is 5.34. The van der Waals surface area contributed by atoms with E-state index in [-0.39, 0.29) is 61.0 Å². The van der Waals surface area contributed by atoms with Crippen molar-refractivity contribution in [3.63, 3.8) is 0 Å². The second-order valence-electron chi connectivity index (χ2n) is 9.77. The van der Waals surface area contributed by atoms with Gasteiger partial charge in [0.25, 0.3) is 0 Å². The van der Waals surface area contributed by atoms with Gasteiger partial charge in [-0.1, -0.05) is 37.1 Å². The van der Waals surface area contributed by atoms with E-state index in [0.717, 1.165) is 31.2 Å². The number of carbonyl (C=O) groups is 4. The first-order valence-electron chi connectivity index (χ1n) is 12.6. The minimum Gasteiger partial charge on any atom is -0.497 e. The first-order valence-corrected chi connectivity index (χ1v) is 12.6. The molecule has 1 saturated carbocycles. The maximum absolute atomic E-state index is 13.4. The number of nitrogens with one attached hydrogen (secondary N) is 1. The van der Waals surface area contributed by atoms with Gasteiger partial charge in [0.1, 0.15) is 11.8 Å². The van der Waals surface area contributed by atoms with Gasteiger partial charge < -0.3 is 15.0 Å². The third kappa shape index (κ3) is 5.57. The molecule has 0 aromatic heterocycles. The summed E-state index contributed by atoms with van der Waals surface area (Å²) in [7, 11) is 1.59. The van der Waals surface area contributed by atoms with Crippen LogP contribution in [0.25, 0.3) is 0 Å². The molecule has 35 heavy (non-hydrogen) atoms. The molecule has 1 aromatic carbocycles. The number of rotatable bonds is 9. The van der Waals surface area contributed by atoms with Crippen LogP contribution in [0.4, 0.5) is 0 Å². The third-order valence-electron chi connectivity index (χ3n) is 7.53. The van der Waals surface area contributed by atoms with Gasteiger partial charge in [0, 0.05) is 25.6 Å². The summed E-state index contributed by atoms with van der Waals surface area (Å²) in [5.74, 6) is -0.728. The second-order valence-corrected chi connectivity index (χ2v) is 9.77. The Morgan fingerprint density at radius 3 is 2.23 bits per heavy atom. The molecule has 1 aliphatic heterocycles. The molecule has 0 bridgehead atoms. The molecule has 1 N–H and O–H groups in total. The van der Waals surface area contributed by atoms with Crippen LogP contribution in [0, 0.1) is 11.8 Å². The van der Waals surface area contributed by atoms with E-state index < -0.39 is 6.04 Å². The molecule has 0 spiro atoms. The molecule has 1 aromatic rings. The van der Waals surface area contributed by atoms with Crippen LogP contribution in [0.2, 0.25) is 0 Å². The van der Waals surface area contributed by atoms with Crippen molar-refractivity contribution in [2.24, 2.45) is 11.8 Å². The molecule has 8 nitrogen and oxygen atoms in total. The van der Waals surface area contributed by atoms with Gasteiger partial charge in [-0.2, -0.15) is 0 Å². The van der Waals surface area contributed by atoms with Gasteiger partial charge in [-0.3, -0.25) is 24.1 Å². The highest BCUT2D eigenvalue weighted by Gasteiger charge is 2.47. The zero-order valence-electron chi connectivity index (χ0n) is 20.6. The number of ether oxygens (including phenoxy) is 1. The molecule has 1 heterocycles. The lowest BCUT2D eigenvalue weighted by atomic mass is 9.85. The number of hydrogen-bond donors (Lipinski definition) is 1. The summed E-state index contributed by atoms with van der Waals surface area (Å²) in [6, 6.07) is 6.84. The molecule has 0 radical (unpaired) electrons. The van der Waals surface area contributed by atoms with E-state index in [1.807, 2.05) is 36.4 Å². The minimum absolute atomic E-state index is 0.0123. The summed E-state index contributed by atoms with van der Waals surface area (Å²) in [6.07, 6.45) is 9.14. The van der Waals surface area contributed by atoms with E-state index in [4.69, 9.17) is 4.74 Å². The number of allylic oxidation sites excluding steroid dienone is 2. The van der Waals surface area contributed by atoms with Crippen molar-refractivity contribution in [3.05, 3.63) is 42.0 Å². The van der Waals surface area contributed by atoms with Crippen molar-refractivity contribution in [2.45, 2.75) is 70.5 Å². The number of methoxy groups -OCH3 is 1. The van der Waals surface area contributed by atoms with Crippen LogP contribution in [0.3, 0.4) is 0 Å². The normalized spacial score (nSPS) is 22.7. The van der Waals surface area contributed by atoms with Crippen LogP contribution in [0.5, 0.6) is 5.75 Å². The largest absolute Gasteiger partial charge is 0.497 e. The minimum atomic E-state index is -0.679. The Hall–Kier alpha value is -3.16. The van der Waals surface area contributed by atoms with Gasteiger partial charge in [-0.05, 0) is 50.3 Å². The van der Waals surface area contributed by atoms with Gasteiger partial charge in [0.15, 0.2) is 0 Å². The molecule has 1 saturated heterocycles. The second kappa shape index (κ2) is 11.1. The van der Waals surface area contributed by atoms with Crippen molar-refractivity contribution in [2.75, 3.05) is 13.7 Å². The molecule has 3 atom stereocenters.